The lowest BCUT2D eigenvalue weighted by Crippen LogP contribution is -2.52. The highest BCUT2D eigenvalue weighted by atomic mass is 19.1. The smallest absolute Gasteiger partial charge is 0.118 e. The first-order chi connectivity index (χ1) is 6.62. The quantitative estimate of drug-likeness (QED) is 0.583. The van der Waals surface area contributed by atoms with E-state index in [0.717, 1.165) is 38.9 Å². The molecule has 0 aromatic rings. The zero-order chi connectivity index (χ0) is 10.2. The molecule has 0 aromatic carbocycles. The molecule has 0 aromatic heterocycles. The van der Waals surface area contributed by atoms with Gasteiger partial charge in [-0.2, -0.15) is 0 Å². The van der Waals surface area contributed by atoms with Crippen LogP contribution in [0.4, 0.5) is 4.39 Å². The Bertz CT molecular complexity index is 191. The second-order valence-electron chi connectivity index (χ2n) is 5.15. The van der Waals surface area contributed by atoms with Crippen LogP contribution in [-0.2, 0) is 0 Å². The Hall–Kier alpha value is -0.150. The van der Waals surface area contributed by atoms with Crippen LogP contribution in [-0.4, -0.2) is 56.2 Å². The summed E-state index contributed by atoms with van der Waals surface area (Å²) < 4.78 is 14.0. The van der Waals surface area contributed by atoms with E-state index < -0.39 is 6.17 Å². The number of piperidine rings is 2. The van der Waals surface area contributed by atoms with E-state index in [9.17, 15) is 4.39 Å². The molecule has 2 aliphatic heterocycles. The van der Waals surface area contributed by atoms with Crippen LogP contribution in [0.2, 0.25) is 0 Å². The molecule has 0 saturated carbocycles. The molecule has 0 amide bonds. The van der Waals surface area contributed by atoms with Crippen LogP contribution in [0.3, 0.4) is 0 Å². The first-order valence-corrected chi connectivity index (χ1v) is 5.64. The van der Waals surface area contributed by atoms with Crippen LogP contribution in [0.1, 0.15) is 19.3 Å². The molecule has 14 heavy (non-hydrogen) atoms. The summed E-state index contributed by atoms with van der Waals surface area (Å²) in [4.78, 5) is 4.44. The van der Waals surface area contributed by atoms with Crippen LogP contribution in [0.5, 0.6) is 0 Å². The lowest BCUT2D eigenvalue weighted by Gasteiger charge is -2.47. The van der Waals surface area contributed by atoms with E-state index in [4.69, 9.17) is 0 Å². The fourth-order valence-corrected chi connectivity index (χ4v) is 2.76. The summed E-state index contributed by atoms with van der Waals surface area (Å²) in [5.41, 5.74) is 0.0268. The summed E-state index contributed by atoms with van der Waals surface area (Å²) in [7, 11) is 4.16. The van der Waals surface area contributed by atoms with Gasteiger partial charge in [0.05, 0.1) is 0 Å². The maximum absolute atomic E-state index is 14.0. The third-order valence-corrected chi connectivity index (χ3v) is 4.11. The molecule has 0 radical (unpaired) electrons. The van der Waals surface area contributed by atoms with Gasteiger partial charge in [-0.3, -0.25) is 0 Å². The van der Waals surface area contributed by atoms with Gasteiger partial charge in [0, 0.05) is 12.0 Å². The van der Waals surface area contributed by atoms with Crippen molar-refractivity contribution in [3.05, 3.63) is 0 Å². The standard InChI is InChI=1S/C11H21FN2/c1-13-6-3-11(4-7-13)5-8-14(2)9-10(11)12/h10H,3-9H2,1-2H3. The van der Waals surface area contributed by atoms with E-state index in [1.807, 2.05) is 7.05 Å². The molecule has 2 fully saturated rings. The molecule has 1 unspecified atom stereocenters. The third kappa shape index (κ3) is 1.80. The van der Waals surface area contributed by atoms with Crippen molar-refractivity contribution < 1.29 is 4.39 Å². The van der Waals surface area contributed by atoms with Gasteiger partial charge in [0.15, 0.2) is 0 Å². The summed E-state index contributed by atoms with van der Waals surface area (Å²) >= 11 is 0. The predicted molar refractivity (Wildman–Crippen MR) is 56.2 cm³/mol. The van der Waals surface area contributed by atoms with Crippen molar-refractivity contribution in [2.75, 3.05) is 40.3 Å². The minimum absolute atomic E-state index is 0.0268. The van der Waals surface area contributed by atoms with Crippen molar-refractivity contribution >= 4 is 0 Å². The topological polar surface area (TPSA) is 6.48 Å². The SMILES string of the molecule is CN1CCC2(CC1)CCN(C)CC2F. The molecule has 1 atom stereocenters. The van der Waals surface area contributed by atoms with Gasteiger partial charge in [-0.1, -0.05) is 0 Å². The molecule has 82 valence electrons. The monoisotopic (exact) mass is 200 g/mol. The highest BCUT2D eigenvalue weighted by Crippen LogP contribution is 2.42. The summed E-state index contributed by atoms with van der Waals surface area (Å²) in [6.07, 6.45) is 2.56. The van der Waals surface area contributed by atoms with Crippen LogP contribution in [0, 0.1) is 5.41 Å². The van der Waals surface area contributed by atoms with Crippen LogP contribution in [0.15, 0.2) is 0 Å². The first-order valence-electron chi connectivity index (χ1n) is 5.64. The minimum atomic E-state index is -0.602. The van der Waals surface area contributed by atoms with Crippen molar-refractivity contribution in [2.24, 2.45) is 5.41 Å². The normalized spacial score (nSPS) is 34.9. The summed E-state index contributed by atoms with van der Waals surface area (Å²) in [5.74, 6) is 0. The number of rotatable bonds is 0. The Labute approximate surface area is 86.1 Å². The molecule has 3 heteroatoms. The fraction of sp³-hybridized carbons (Fsp3) is 1.00. The fourth-order valence-electron chi connectivity index (χ4n) is 2.76. The maximum atomic E-state index is 14.0. The van der Waals surface area contributed by atoms with Gasteiger partial charge in [-0.25, -0.2) is 4.39 Å². The van der Waals surface area contributed by atoms with Gasteiger partial charge < -0.3 is 9.80 Å². The molecule has 2 nitrogen and oxygen atoms in total. The molecular weight excluding hydrogens is 179 g/mol. The molecule has 2 saturated heterocycles. The number of alkyl halides is 1. The second-order valence-corrected chi connectivity index (χ2v) is 5.15. The predicted octanol–water partition coefficient (Wildman–Crippen LogP) is 1.37. The first kappa shape index (κ1) is 10.4. The molecule has 0 bridgehead atoms. The number of likely N-dealkylation sites (tertiary alicyclic amines) is 2. The second kappa shape index (κ2) is 3.78. The van der Waals surface area contributed by atoms with Crippen molar-refractivity contribution in [1.82, 2.24) is 9.80 Å². The lowest BCUT2D eigenvalue weighted by atomic mass is 9.70. The number of halogens is 1. The molecule has 2 heterocycles. The third-order valence-electron chi connectivity index (χ3n) is 4.11. The molecular formula is C11H21FN2. The summed E-state index contributed by atoms with van der Waals surface area (Å²) in [6, 6.07) is 0. The van der Waals surface area contributed by atoms with Crippen molar-refractivity contribution in [3.63, 3.8) is 0 Å². The van der Waals surface area contributed by atoms with E-state index in [1.165, 1.54) is 0 Å². The highest BCUT2D eigenvalue weighted by molar-refractivity contribution is 4.95. The Morgan fingerprint density at radius 3 is 2.00 bits per heavy atom. The average Bonchev–Trinajstić information content (AvgIpc) is 2.16. The molecule has 1 spiro atoms. The minimum Gasteiger partial charge on any atom is -0.306 e. The van der Waals surface area contributed by atoms with Crippen molar-refractivity contribution in [1.29, 1.82) is 0 Å². The molecule has 2 rings (SSSR count). The number of hydrogen-bond acceptors (Lipinski definition) is 2. The number of nitrogens with zero attached hydrogens (tertiary/aromatic N) is 2. The number of hydrogen-bond donors (Lipinski definition) is 0. The maximum Gasteiger partial charge on any atom is 0.118 e. The van der Waals surface area contributed by atoms with Gasteiger partial charge in [-0.15, -0.1) is 0 Å². The molecule has 0 N–H and O–H groups in total. The van der Waals surface area contributed by atoms with Crippen LogP contribution in [0.25, 0.3) is 0 Å². The van der Waals surface area contributed by atoms with Gasteiger partial charge in [0.2, 0.25) is 0 Å². The van der Waals surface area contributed by atoms with Crippen LogP contribution < -0.4 is 0 Å². The Morgan fingerprint density at radius 1 is 1.00 bits per heavy atom. The van der Waals surface area contributed by atoms with Gasteiger partial charge in [-0.05, 0) is 53.0 Å². The summed E-state index contributed by atoms with van der Waals surface area (Å²) in [6.45, 7) is 3.86. The van der Waals surface area contributed by atoms with Crippen molar-refractivity contribution in [3.8, 4) is 0 Å². The van der Waals surface area contributed by atoms with Gasteiger partial charge >= 0.3 is 0 Å². The lowest BCUT2D eigenvalue weighted by molar-refractivity contribution is -0.0254. The zero-order valence-corrected chi connectivity index (χ0v) is 9.30. The van der Waals surface area contributed by atoms with Crippen molar-refractivity contribution in [2.45, 2.75) is 25.4 Å². The van der Waals surface area contributed by atoms with Gasteiger partial charge in [0.1, 0.15) is 6.17 Å². The Morgan fingerprint density at radius 2 is 1.50 bits per heavy atom. The van der Waals surface area contributed by atoms with Crippen LogP contribution >= 0.6 is 0 Å². The highest BCUT2D eigenvalue weighted by Gasteiger charge is 2.43. The Kier molecular flexibility index (Phi) is 2.80. The van der Waals surface area contributed by atoms with E-state index >= 15 is 0 Å². The Balaban J connectivity index is 2.01. The molecule has 2 aliphatic rings. The van der Waals surface area contributed by atoms with E-state index in [-0.39, 0.29) is 5.41 Å². The summed E-state index contributed by atoms with van der Waals surface area (Å²) in [5, 5.41) is 0. The van der Waals surface area contributed by atoms with E-state index in [2.05, 4.69) is 16.8 Å². The average molecular weight is 200 g/mol. The van der Waals surface area contributed by atoms with Gasteiger partial charge in [0.25, 0.3) is 0 Å². The zero-order valence-electron chi connectivity index (χ0n) is 9.30. The largest absolute Gasteiger partial charge is 0.306 e. The van der Waals surface area contributed by atoms with E-state index in [1.54, 1.807) is 0 Å². The molecule has 0 aliphatic carbocycles. The van der Waals surface area contributed by atoms with E-state index in [0.29, 0.717) is 6.54 Å².